The van der Waals surface area contributed by atoms with Crippen LogP contribution in [0.2, 0.25) is 0 Å². The summed E-state index contributed by atoms with van der Waals surface area (Å²) in [6.07, 6.45) is -3.03. The molecule has 166 valence electrons. The van der Waals surface area contributed by atoms with E-state index in [-0.39, 0.29) is 21.9 Å². The highest BCUT2D eigenvalue weighted by atomic mass is 32.2. The molecule has 0 aliphatic heterocycles. The van der Waals surface area contributed by atoms with E-state index in [0.29, 0.717) is 22.3 Å². The Morgan fingerprint density at radius 1 is 1.34 bits per heavy atom. The first-order valence-corrected chi connectivity index (χ1v) is 10.9. The SMILES string of the molecule is COc1ccc(C=NNc2nc(N)cs2)cc1CSc1nc(C(F)(F)F)cc(C)c1C#N. The van der Waals surface area contributed by atoms with Crippen LogP contribution in [-0.2, 0) is 11.9 Å². The molecule has 3 aromatic rings. The smallest absolute Gasteiger partial charge is 0.433 e. The van der Waals surface area contributed by atoms with Crippen LogP contribution in [-0.4, -0.2) is 23.3 Å². The molecule has 0 aliphatic rings. The van der Waals surface area contributed by atoms with Crippen molar-refractivity contribution in [1.29, 1.82) is 5.26 Å². The van der Waals surface area contributed by atoms with E-state index in [9.17, 15) is 18.4 Å². The molecule has 0 radical (unpaired) electrons. The van der Waals surface area contributed by atoms with E-state index < -0.39 is 11.9 Å². The van der Waals surface area contributed by atoms with E-state index in [4.69, 9.17) is 10.5 Å². The first kappa shape index (κ1) is 23.4. The number of ether oxygens (including phenoxy) is 1. The molecule has 0 fully saturated rings. The third-order valence-electron chi connectivity index (χ3n) is 4.15. The second kappa shape index (κ2) is 9.88. The third kappa shape index (κ3) is 5.68. The molecule has 0 bridgehead atoms. The Kier molecular flexibility index (Phi) is 7.22. The van der Waals surface area contributed by atoms with Gasteiger partial charge in [-0.2, -0.15) is 23.5 Å². The van der Waals surface area contributed by atoms with E-state index in [1.165, 1.54) is 25.4 Å². The minimum atomic E-state index is -4.60. The highest BCUT2D eigenvalue weighted by molar-refractivity contribution is 7.98. The maximum absolute atomic E-state index is 13.2. The maximum atomic E-state index is 13.2. The number of aromatic nitrogens is 2. The van der Waals surface area contributed by atoms with Gasteiger partial charge in [-0.1, -0.05) is 0 Å². The second-order valence-electron chi connectivity index (χ2n) is 6.42. The van der Waals surface area contributed by atoms with Crippen molar-refractivity contribution in [3.05, 3.63) is 57.6 Å². The van der Waals surface area contributed by atoms with Crippen molar-refractivity contribution in [2.75, 3.05) is 18.3 Å². The Bertz CT molecular complexity index is 1190. The zero-order valence-electron chi connectivity index (χ0n) is 16.9. The lowest BCUT2D eigenvalue weighted by Crippen LogP contribution is -2.10. The molecule has 0 saturated carbocycles. The summed E-state index contributed by atoms with van der Waals surface area (Å²) in [5.74, 6) is 1.19. The molecule has 7 nitrogen and oxygen atoms in total. The molecule has 2 aromatic heterocycles. The van der Waals surface area contributed by atoms with Crippen LogP contribution in [0.3, 0.4) is 0 Å². The van der Waals surface area contributed by atoms with Gasteiger partial charge in [0.25, 0.3) is 0 Å². The molecule has 0 unspecified atom stereocenters. The monoisotopic (exact) mass is 478 g/mol. The number of aryl methyl sites for hydroxylation is 1. The fourth-order valence-corrected chi connectivity index (χ4v) is 4.25. The molecule has 0 aliphatic carbocycles. The van der Waals surface area contributed by atoms with Crippen LogP contribution in [0.4, 0.5) is 24.1 Å². The van der Waals surface area contributed by atoms with E-state index >= 15 is 0 Å². The number of hydrazone groups is 1. The predicted molar refractivity (Wildman–Crippen MR) is 119 cm³/mol. The van der Waals surface area contributed by atoms with Gasteiger partial charge in [-0.15, -0.1) is 23.1 Å². The number of nitrogen functional groups attached to an aromatic ring is 1. The summed E-state index contributed by atoms with van der Waals surface area (Å²) in [6.45, 7) is 1.46. The van der Waals surface area contributed by atoms with Crippen LogP contribution in [0.15, 0.2) is 39.8 Å². The number of rotatable bonds is 7. The van der Waals surface area contributed by atoms with Gasteiger partial charge in [-0.05, 0) is 42.3 Å². The predicted octanol–water partition coefficient (Wildman–Crippen LogP) is 5.07. The Balaban J connectivity index is 1.82. The zero-order chi connectivity index (χ0) is 23.3. The summed E-state index contributed by atoms with van der Waals surface area (Å²) >= 11 is 2.34. The fraction of sp³-hybridized carbons (Fsp3) is 0.200. The molecule has 3 N–H and O–H groups in total. The number of methoxy groups -OCH3 is 1. The number of nitrogens with zero attached hydrogens (tertiary/aromatic N) is 4. The summed E-state index contributed by atoms with van der Waals surface area (Å²) in [7, 11) is 1.50. The standard InChI is InChI=1S/C20H17F3N6OS2/c1-11-5-16(20(21,22)23)27-18(14(11)7-24)31-9-13-6-12(3-4-15(13)30-2)8-26-29-19-28-17(25)10-32-19/h3-6,8,10H,9,25H2,1-2H3,(H,28,29). The molecule has 3 rings (SSSR count). The largest absolute Gasteiger partial charge is 0.496 e. The number of thiazole rings is 1. The first-order chi connectivity index (χ1) is 15.2. The normalized spacial score (nSPS) is 11.5. The number of hydrogen-bond acceptors (Lipinski definition) is 9. The Morgan fingerprint density at radius 3 is 2.75 bits per heavy atom. The average molecular weight is 479 g/mol. The molecule has 0 saturated heterocycles. The van der Waals surface area contributed by atoms with Gasteiger partial charge in [0, 0.05) is 16.7 Å². The fourth-order valence-electron chi connectivity index (χ4n) is 2.67. The van der Waals surface area contributed by atoms with Crippen molar-refractivity contribution >= 4 is 40.3 Å². The Hall–Kier alpha value is -3.30. The highest BCUT2D eigenvalue weighted by Crippen LogP contribution is 2.35. The summed E-state index contributed by atoms with van der Waals surface area (Å²) in [5.41, 5.74) is 9.08. The average Bonchev–Trinajstić information content (AvgIpc) is 3.16. The highest BCUT2D eigenvalue weighted by Gasteiger charge is 2.34. The van der Waals surface area contributed by atoms with Crippen LogP contribution >= 0.6 is 23.1 Å². The summed E-state index contributed by atoms with van der Waals surface area (Å²) in [5, 5.41) is 15.7. The zero-order valence-corrected chi connectivity index (χ0v) is 18.5. The molecular formula is C20H17F3N6OS2. The van der Waals surface area contributed by atoms with E-state index in [2.05, 4.69) is 20.5 Å². The van der Waals surface area contributed by atoms with Crippen LogP contribution < -0.4 is 15.9 Å². The number of nitrogens with one attached hydrogen (secondary N) is 1. The molecular weight excluding hydrogens is 461 g/mol. The van der Waals surface area contributed by atoms with Gasteiger partial charge in [-0.3, -0.25) is 5.43 Å². The summed E-state index contributed by atoms with van der Waals surface area (Å²) < 4.78 is 44.8. The Labute approximate surface area is 190 Å². The number of anilines is 2. The maximum Gasteiger partial charge on any atom is 0.433 e. The number of benzene rings is 1. The van der Waals surface area contributed by atoms with Gasteiger partial charge in [0.15, 0.2) is 0 Å². The number of hydrogen-bond donors (Lipinski definition) is 2. The minimum absolute atomic E-state index is 0.0176. The number of nitriles is 1. The van der Waals surface area contributed by atoms with Gasteiger partial charge >= 0.3 is 6.18 Å². The van der Waals surface area contributed by atoms with Crippen LogP contribution in [0.1, 0.15) is 27.9 Å². The quantitative estimate of drug-likeness (QED) is 0.277. The van der Waals surface area contributed by atoms with Gasteiger partial charge < -0.3 is 10.5 Å². The molecule has 32 heavy (non-hydrogen) atoms. The van der Waals surface area contributed by atoms with Crippen LogP contribution in [0.5, 0.6) is 5.75 Å². The number of nitrogens with two attached hydrogens (primary N) is 1. The van der Waals surface area contributed by atoms with Crippen molar-refractivity contribution in [3.63, 3.8) is 0 Å². The van der Waals surface area contributed by atoms with Gasteiger partial charge in [-0.25, -0.2) is 9.97 Å². The van der Waals surface area contributed by atoms with Crippen LogP contribution in [0, 0.1) is 18.3 Å². The van der Waals surface area contributed by atoms with Gasteiger partial charge in [0.1, 0.15) is 28.4 Å². The minimum Gasteiger partial charge on any atom is -0.496 e. The first-order valence-electron chi connectivity index (χ1n) is 9.00. The van der Waals surface area contributed by atoms with Gasteiger partial charge in [0.2, 0.25) is 5.13 Å². The molecule has 12 heteroatoms. The second-order valence-corrected chi connectivity index (χ2v) is 8.24. The lowest BCUT2D eigenvalue weighted by molar-refractivity contribution is -0.141. The lowest BCUT2D eigenvalue weighted by atomic mass is 10.1. The number of alkyl halides is 3. The van der Waals surface area contributed by atoms with Crippen molar-refractivity contribution < 1.29 is 17.9 Å². The van der Waals surface area contributed by atoms with E-state index in [1.807, 2.05) is 6.07 Å². The van der Waals surface area contributed by atoms with Crippen molar-refractivity contribution in [1.82, 2.24) is 9.97 Å². The molecule has 2 heterocycles. The molecule has 0 spiro atoms. The third-order valence-corrected chi connectivity index (χ3v) is 5.94. The van der Waals surface area contributed by atoms with Crippen molar-refractivity contribution in [2.45, 2.75) is 23.9 Å². The summed E-state index contributed by atoms with van der Waals surface area (Å²) in [6, 6.07) is 8.12. The van der Waals surface area contributed by atoms with E-state index in [0.717, 1.165) is 23.4 Å². The van der Waals surface area contributed by atoms with Gasteiger partial charge in [0.05, 0.1) is 18.9 Å². The number of thioether (sulfide) groups is 1. The molecule has 1 aromatic carbocycles. The summed E-state index contributed by atoms with van der Waals surface area (Å²) in [4.78, 5) is 7.71. The topological polar surface area (TPSA) is 109 Å². The van der Waals surface area contributed by atoms with Crippen LogP contribution in [0.25, 0.3) is 0 Å². The van der Waals surface area contributed by atoms with Crippen molar-refractivity contribution in [2.24, 2.45) is 5.10 Å². The molecule has 0 amide bonds. The number of pyridine rings is 1. The van der Waals surface area contributed by atoms with E-state index in [1.54, 1.807) is 29.8 Å². The number of halogens is 3. The lowest BCUT2D eigenvalue weighted by Gasteiger charge is -2.13. The Morgan fingerprint density at radius 2 is 2.12 bits per heavy atom. The van der Waals surface area contributed by atoms with Crippen molar-refractivity contribution in [3.8, 4) is 11.8 Å². The molecule has 0 atom stereocenters.